The van der Waals surface area contributed by atoms with E-state index in [-0.39, 0.29) is 23.4 Å². The van der Waals surface area contributed by atoms with E-state index in [0.29, 0.717) is 24.8 Å². The third kappa shape index (κ3) is 4.67. The van der Waals surface area contributed by atoms with Crippen molar-refractivity contribution in [3.63, 3.8) is 0 Å². The molecule has 1 unspecified atom stereocenters. The standard InChI is InChI=1S/C32H38N4O3/c1-4-7-12-26(36-28(37)20-31(5-2,6-3)35-30(36)34)21-14-15-23(24(18-21)29(33)38)25-19-22-11-8-9-13-27(22)39-32(25)16-10-17-32/h1,8-9,11,13-15,18,25-26H,5-7,10,12,16-17,19-20H2,2-3H3,(H2,33,38)(H2,34,35)/t25?,26-/m1/s1. The summed E-state index contributed by atoms with van der Waals surface area (Å²) in [6.07, 6.45) is 12.0. The zero-order chi connectivity index (χ0) is 27.8. The monoisotopic (exact) mass is 526 g/mol. The van der Waals surface area contributed by atoms with Crippen molar-refractivity contribution in [2.45, 2.75) is 94.7 Å². The lowest BCUT2D eigenvalue weighted by Crippen LogP contribution is -2.62. The molecule has 1 saturated heterocycles. The first-order valence-corrected chi connectivity index (χ1v) is 14.1. The number of hydrogen-bond acceptors (Lipinski definition) is 4. The van der Waals surface area contributed by atoms with Crippen LogP contribution in [0.5, 0.6) is 5.75 Å². The van der Waals surface area contributed by atoms with Crippen LogP contribution in [0.2, 0.25) is 0 Å². The molecule has 2 fully saturated rings. The van der Waals surface area contributed by atoms with Gasteiger partial charge in [0.05, 0.1) is 12.5 Å². The fourth-order valence-electron chi connectivity index (χ4n) is 6.66. The van der Waals surface area contributed by atoms with Gasteiger partial charge in [-0.1, -0.05) is 44.2 Å². The van der Waals surface area contributed by atoms with E-state index < -0.39 is 17.5 Å². The number of nitrogens with zero attached hydrogens (tertiary/aromatic N) is 1. The van der Waals surface area contributed by atoms with Gasteiger partial charge in [-0.25, -0.2) is 0 Å². The summed E-state index contributed by atoms with van der Waals surface area (Å²) in [5, 5.41) is 12.1. The summed E-state index contributed by atoms with van der Waals surface area (Å²) < 4.78 is 6.59. The summed E-state index contributed by atoms with van der Waals surface area (Å²) in [4.78, 5) is 27.9. The zero-order valence-corrected chi connectivity index (χ0v) is 22.9. The molecule has 204 valence electrons. The summed E-state index contributed by atoms with van der Waals surface area (Å²) in [6.45, 7) is 4.06. The highest BCUT2D eigenvalue weighted by Crippen LogP contribution is 2.53. The average Bonchev–Trinajstić information content (AvgIpc) is 2.92. The van der Waals surface area contributed by atoms with Crippen LogP contribution in [0.3, 0.4) is 0 Å². The van der Waals surface area contributed by atoms with Crippen molar-refractivity contribution in [3.05, 3.63) is 64.7 Å². The highest BCUT2D eigenvalue weighted by Gasteiger charge is 2.51. The van der Waals surface area contributed by atoms with Gasteiger partial charge < -0.3 is 15.8 Å². The van der Waals surface area contributed by atoms with Crippen molar-refractivity contribution < 1.29 is 14.3 Å². The van der Waals surface area contributed by atoms with Crippen LogP contribution in [-0.2, 0) is 11.2 Å². The van der Waals surface area contributed by atoms with Crippen LogP contribution in [0.25, 0.3) is 0 Å². The molecule has 7 heteroatoms. The Hall–Kier alpha value is -3.79. The molecular weight excluding hydrogens is 488 g/mol. The number of guanidine groups is 1. The number of terminal acetylenes is 1. The molecule has 7 nitrogen and oxygen atoms in total. The molecule has 1 aliphatic carbocycles. The minimum absolute atomic E-state index is 0.00633. The number of nitrogens with two attached hydrogens (primary N) is 1. The number of fused-ring (bicyclic) bond motifs is 1. The van der Waals surface area contributed by atoms with E-state index in [4.69, 9.17) is 22.3 Å². The van der Waals surface area contributed by atoms with E-state index in [2.05, 4.69) is 17.3 Å². The van der Waals surface area contributed by atoms with Crippen LogP contribution in [0, 0.1) is 17.8 Å². The second-order valence-electron chi connectivity index (χ2n) is 11.3. The van der Waals surface area contributed by atoms with Crippen LogP contribution < -0.4 is 15.8 Å². The molecule has 5 rings (SSSR count). The Balaban J connectivity index is 1.53. The molecule has 0 radical (unpaired) electrons. The van der Waals surface area contributed by atoms with Gasteiger partial charge in [0.25, 0.3) is 0 Å². The second-order valence-corrected chi connectivity index (χ2v) is 11.3. The van der Waals surface area contributed by atoms with E-state index in [1.807, 2.05) is 50.2 Å². The normalized spacial score (nSPS) is 21.7. The summed E-state index contributed by atoms with van der Waals surface area (Å²) in [7, 11) is 0. The maximum atomic E-state index is 13.5. The first-order valence-electron chi connectivity index (χ1n) is 14.1. The number of rotatable bonds is 8. The average molecular weight is 527 g/mol. The van der Waals surface area contributed by atoms with Gasteiger partial charge in [-0.15, -0.1) is 12.3 Å². The molecule has 2 aromatic rings. The van der Waals surface area contributed by atoms with Crippen molar-refractivity contribution in [2.75, 3.05) is 0 Å². The molecule has 39 heavy (non-hydrogen) atoms. The van der Waals surface area contributed by atoms with Gasteiger partial charge in [-0.05, 0) is 73.8 Å². The van der Waals surface area contributed by atoms with Crippen LogP contribution >= 0.6 is 0 Å². The van der Waals surface area contributed by atoms with Crippen LogP contribution in [0.1, 0.15) is 104 Å². The first-order chi connectivity index (χ1) is 18.8. The lowest BCUT2D eigenvalue weighted by molar-refractivity contribution is -0.132. The van der Waals surface area contributed by atoms with Gasteiger partial charge >= 0.3 is 0 Å². The van der Waals surface area contributed by atoms with Crippen molar-refractivity contribution in [2.24, 2.45) is 5.73 Å². The Bertz CT molecular complexity index is 1320. The molecule has 0 aromatic heterocycles. The summed E-state index contributed by atoms with van der Waals surface area (Å²) >= 11 is 0. The lowest BCUT2D eigenvalue weighted by Gasteiger charge is -2.51. The van der Waals surface area contributed by atoms with Crippen molar-refractivity contribution >= 4 is 17.8 Å². The predicted molar refractivity (Wildman–Crippen MR) is 152 cm³/mol. The van der Waals surface area contributed by atoms with E-state index in [0.717, 1.165) is 61.0 Å². The third-order valence-corrected chi connectivity index (χ3v) is 9.26. The van der Waals surface area contributed by atoms with Gasteiger partial charge in [-0.3, -0.25) is 19.9 Å². The molecule has 2 heterocycles. The number of ether oxygens (including phenoxy) is 1. The molecule has 0 bridgehead atoms. The fraction of sp³-hybridized carbons (Fsp3) is 0.469. The van der Waals surface area contributed by atoms with E-state index in [1.54, 1.807) is 0 Å². The number of carbonyl (C=O) groups is 2. The summed E-state index contributed by atoms with van der Waals surface area (Å²) in [6, 6.07) is 13.4. The highest BCUT2D eigenvalue weighted by molar-refractivity contribution is 6.00. The van der Waals surface area contributed by atoms with E-state index in [9.17, 15) is 9.59 Å². The smallest absolute Gasteiger partial charge is 0.249 e. The maximum Gasteiger partial charge on any atom is 0.249 e. The molecule has 1 saturated carbocycles. The third-order valence-electron chi connectivity index (χ3n) is 9.26. The highest BCUT2D eigenvalue weighted by atomic mass is 16.5. The van der Waals surface area contributed by atoms with Gasteiger partial charge in [0.2, 0.25) is 11.8 Å². The molecule has 2 aliphatic heterocycles. The molecule has 4 N–H and O–H groups in total. The molecule has 1 spiro atoms. The van der Waals surface area contributed by atoms with Gasteiger partial charge in [0.15, 0.2) is 5.96 Å². The Labute approximate surface area is 231 Å². The van der Waals surface area contributed by atoms with Crippen molar-refractivity contribution in [3.8, 4) is 18.1 Å². The number of primary amides is 1. The van der Waals surface area contributed by atoms with E-state index in [1.165, 1.54) is 4.90 Å². The zero-order valence-electron chi connectivity index (χ0n) is 22.9. The van der Waals surface area contributed by atoms with Crippen molar-refractivity contribution in [1.82, 2.24) is 10.2 Å². The van der Waals surface area contributed by atoms with Crippen LogP contribution in [0.4, 0.5) is 0 Å². The lowest BCUT2D eigenvalue weighted by atomic mass is 9.64. The summed E-state index contributed by atoms with van der Waals surface area (Å²) in [5.74, 6) is 3.04. The van der Waals surface area contributed by atoms with Gasteiger partial charge in [0.1, 0.15) is 11.4 Å². The number of benzene rings is 2. The van der Waals surface area contributed by atoms with E-state index >= 15 is 0 Å². The molecule has 2 atom stereocenters. The minimum Gasteiger partial charge on any atom is -0.486 e. The fourth-order valence-corrected chi connectivity index (χ4v) is 6.66. The predicted octanol–water partition coefficient (Wildman–Crippen LogP) is 5.20. The van der Waals surface area contributed by atoms with Gasteiger partial charge in [-0.2, -0.15) is 0 Å². The van der Waals surface area contributed by atoms with Crippen LogP contribution in [-0.4, -0.2) is 33.8 Å². The molecule has 2 aromatic carbocycles. The largest absolute Gasteiger partial charge is 0.486 e. The Morgan fingerprint density at radius 1 is 1.26 bits per heavy atom. The number of para-hydroxylation sites is 1. The topological polar surface area (TPSA) is 109 Å². The molecule has 2 amide bonds. The number of hydrogen-bond donors (Lipinski definition) is 3. The Kier molecular flexibility index (Phi) is 7.15. The number of amides is 2. The molecular formula is C32H38N4O3. The first kappa shape index (κ1) is 26.8. The Morgan fingerprint density at radius 2 is 2.00 bits per heavy atom. The quantitative estimate of drug-likeness (QED) is 0.411. The SMILES string of the molecule is C#CCC[C@H](c1ccc(C2Cc3ccccc3OC23CCC3)c(C(N)=O)c1)N1C(=N)NC(CC)(CC)CC1=O. The Morgan fingerprint density at radius 3 is 2.62 bits per heavy atom. The maximum absolute atomic E-state index is 13.5. The summed E-state index contributed by atoms with van der Waals surface area (Å²) in [5.41, 5.74) is 8.43. The molecule has 3 aliphatic rings. The van der Waals surface area contributed by atoms with Crippen LogP contribution in [0.15, 0.2) is 42.5 Å². The number of nitrogens with one attached hydrogen (secondary N) is 2. The number of carbonyl (C=O) groups excluding carboxylic acids is 2. The minimum atomic E-state index is -0.509. The van der Waals surface area contributed by atoms with Crippen molar-refractivity contribution in [1.29, 1.82) is 5.41 Å². The van der Waals surface area contributed by atoms with Gasteiger partial charge in [0, 0.05) is 23.4 Å². The second kappa shape index (κ2) is 10.4.